The van der Waals surface area contributed by atoms with E-state index in [-0.39, 0.29) is 18.6 Å². The molecule has 3 rings (SSSR count). The van der Waals surface area contributed by atoms with Crippen molar-refractivity contribution in [1.29, 1.82) is 0 Å². The lowest BCUT2D eigenvalue weighted by Gasteiger charge is -2.33. The summed E-state index contributed by atoms with van der Waals surface area (Å²) in [5.74, 6) is 0.349. The van der Waals surface area contributed by atoms with Gasteiger partial charge in [0.05, 0.1) is 5.69 Å². The second kappa shape index (κ2) is 7.36. The van der Waals surface area contributed by atoms with Gasteiger partial charge < -0.3 is 10.0 Å². The van der Waals surface area contributed by atoms with Crippen LogP contribution in [0.2, 0.25) is 5.15 Å². The van der Waals surface area contributed by atoms with E-state index >= 15 is 0 Å². The van der Waals surface area contributed by atoms with E-state index in [1.807, 2.05) is 35.8 Å². The number of likely N-dealkylation sites (N-methyl/N-ethyl adjacent to an activating group) is 1. The molecule has 1 aliphatic carbocycles. The van der Waals surface area contributed by atoms with Crippen LogP contribution in [-0.2, 0) is 4.79 Å². The summed E-state index contributed by atoms with van der Waals surface area (Å²) in [6.45, 7) is 0.247. The van der Waals surface area contributed by atoms with E-state index in [0.717, 1.165) is 31.3 Å². The van der Waals surface area contributed by atoms with Crippen molar-refractivity contribution >= 4 is 29.2 Å². The number of aromatic nitrogens is 2. The molecular weight excluding hydrogens is 326 g/mol. The Morgan fingerprint density at radius 1 is 1.42 bits per heavy atom. The van der Waals surface area contributed by atoms with Crippen molar-refractivity contribution in [3.05, 3.63) is 41.3 Å². The molecule has 2 heterocycles. The Morgan fingerprint density at radius 2 is 2.17 bits per heavy atom. The van der Waals surface area contributed by atoms with Crippen LogP contribution in [0.15, 0.2) is 30.5 Å². The Labute approximate surface area is 146 Å². The summed E-state index contributed by atoms with van der Waals surface area (Å²) in [6.07, 6.45) is 8.98. The highest BCUT2D eigenvalue weighted by Crippen LogP contribution is 2.27. The van der Waals surface area contributed by atoms with Crippen molar-refractivity contribution < 1.29 is 9.90 Å². The first-order chi connectivity index (χ1) is 11.6. The van der Waals surface area contributed by atoms with E-state index < -0.39 is 0 Å². The first-order valence-electron chi connectivity index (χ1n) is 8.28. The highest BCUT2D eigenvalue weighted by Gasteiger charge is 2.25. The first-order valence-corrected chi connectivity index (χ1v) is 8.66. The Bertz CT molecular complexity index is 748. The monoisotopic (exact) mass is 347 g/mol. The van der Waals surface area contributed by atoms with E-state index in [0.29, 0.717) is 16.8 Å². The average molecular weight is 348 g/mol. The number of hydrogen-bond acceptors (Lipinski definition) is 3. The van der Waals surface area contributed by atoms with Crippen LogP contribution in [0.25, 0.3) is 11.7 Å². The van der Waals surface area contributed by atoms with Crippen molar-refractivity contribution in [2.75, 3.05) is 13.7 Å². The van der Waals surface area contributed by atoms with Gasteiger partial charge in [-0.3, -0.25) is 9.20 Å². The van der Waals surface area contributed by atoms with Crippen molar-refractivity contribution in [1.82, 2.24) is 14.3 Å². The molecule has 1 N–H and O–H groups in total. The number of carbonyl (C=O) groups excluding carboxylic acids is 1. The minimum absolute atomic E-state index is 0.0376. The molecule has 1 fully saturated rings. The van der Waals surface area contributed by atoms with Crippen molar-refractivity contribution in [3.63, 3.8) is 0 Å². The number of carbonyl (C=O) groups is 1. The van der Waals surface area contributed by atoms with Gasteiger partial charge in [0.25, 0.3) is 0 Å². The summed E-state index contributed by atoms with van der Waals surface area (Å²) in [5.41, 5.74) is 1.46. The van der Waals surface area contributed by atoms with Crippen LogP contribution >= 0.6 is 11.6 Å². The van der Waals surface area contributed by atoms with Crippen LogP contribution in [0, 0.1) is 5.92 Å². The quantitative estimate of drug-likeness (QED) is 0.865. The second-order valence-corrected chi connectivity index (χ2v) is 6.71. The summed E-state index contributed by atoms with van der Waals surface area (Å²) in [7, 11) is 1.84. The topological polar surface area (TPSA) is 57.8 Å². The minimum Gasteiger partial charge on any atom is -0.396 e. The zero-order chi connectivity index (χ0) is 17.1. The molecule has 0 aromatic carbocycles. The molecule has 0 radical (unpaired) electrons. The summed E-state index contributed by atoms with van der Waals surface area (Å²) >= 11 is 6.18. The molecule has 5 nitrogen and oxygen atoms in total. The predicted molar refractivity (Wildman–Crippen MR) is 94.8 cm³/mol. The van der Waals surface area contributed by atoms with Gasteiger partial charge in [0, 0.05) is 32.0 Å². The highest BCUT2D eigenvalue weighted by atomic mass is 35.5. The lowest BCUT2D eigenvalue weighted by Crippen LogP contribution is -2.39. The number of hydrogen-bond donors (Lipinski definition) is 1. The molecule has 0 spiro atoms. The van der Waals surface area contributed by atoms with Crippen LogP contribution in [0.5, 0.6) is 0 Å². The number of pyridine rings is 1. The third-order valence-electron chi connectivity index (χ3n) is 4.88. The maximum atomic E-state index is 12.5. The summed E-state index contributed by atoms with van der Waals surface area (Å²) in [5, 5.41) is 9.60. The zero-order valence-corrected chi connectivity index (χ0v) is 14.5. The first kappa shape index (κ1) is 17.0. The Balaban J connectivity index is 1.69. The fourth-order valence-electron chi connectivity index (χ4n) is 3.30. The maximum absolute atomic E-state index is 12.5. The standard InChI is InChI=1S/C18H22ClN3O2/c1-21(14-7-5-13(12-23)6-8-14)17(24)10-9-15-18(19)20-16-4-2-3-11-22(15)16/h2-4,9-11,13-14,23H,5-8,12H2,1H3/b10-9+. The molecule has 128 valence electrons. The molecule has 1 saturated carbocycles. The van der Waals surface area contributed by atoms with Crippen LogP contribution in [0.4, 0.5) is 0 Å². The number of aliphatic hydroxyl groups is 1. The number of fused-ring (bicyclic) bond motifs is 1. The summed E-state index contributed by atoms with van der Waals surface area (Å²) < 4.78 is 1.86. The average Bonchev–Trinajstić information content (AvgIpc) is 2.94. The van der Waals surface area contributed by atoms with Crippen LogP contribution in [0.1, 0.15) is 31.4 Å². The molecule has 0 aliphatic heterocycles. The lowest BCUT2D eigenvalue weighted by atomic mass is 9.86. The van der Waals surface area contributed by atoms with E-state index in [9.17, 15) is 9.90 Å². The number of halogens is 1. The second-order valence-electron chi connectivity index (χ2n) is 6.36. The fourth-order valence-corrected chi connectivity index (χ4v) is 3.54. The van der Waals surface area contributed by atoms with Gasteiger partial charge in [-0.25, -0.2) is 4.98 Å². The Morgan fingerprint density at radius 3 is 2.88 bits per heavy atom. The molecule has 0 atom stereocenters. The molecule has 0 unspecified atom stereocenters. The minimum atomic E-state index is -0.0376. The molecule has 1 amide bonds. The van der Waals surface area contributed by atoms with Gasteiger partial charge in [0.1, 0.15) is 5.65 Å². The Hall–Kier alpha value is -1.85. The zero-order valence-electron chi connectivity index (χ0n) is 13.7. The molecule has 2 aromatic heterocycles. The number of imidazole rings is 1. The van der Waals surface area contributed by atoms with Gasteiger partial charge in [-0.15, -0.1) is 0 Å². The van der Waals surface area contributed by atoms with Crippen LogP contribution < -0.4 is 0 Å². The normalized spacial score (nSPS) is 21.5. The molecule has 0 saturated heterocycles. The lowest BCUT2D eigenvalue weighted by molar-refractivity contribution is -0.127. The molecule has 1 aliphatic rings. The van der Waals surface area contributed by atoms with Crippen molar-refractivity contribution in [3.8, 4) is 0 Å². The van der Waals surface area contributed by atoms with Gasteiger partial charge >= 0.3 is 0 Å². The molecule has 0 bridgehead atoms. The van der Waals surface area contributed by atoms with Gasteiger partial charge in [0.15, 0.2) is 5.15 Å². The Kier molecular flexibility index (Phi) is 5.21. The van der Waals surface area contributed by atoms with E-state index in [4.69, 9.17) is 11.6 Å². The smallest absolute Gasteiger partial charge is 0.246 e. The SMILES string of the molecule is CN(C(=O)/C=C/c1c(Cl)nc2ccccn12)C1CCC(CO)CC1. The third-order valence-corrected chi connectivity index (χ3v) is 5.15. The van der Waals surface area contributed by atoms with Gasteiger partial charge in [-0.05, 0) is 49.8 Å². The van der Waals surface area contributed by atoms with Crippen molar-refractivity contribution in [2.45, 2.75) is 31.7 Å². The number of amides is 1. The highest BCUT2D eigenvalue weighted by molar-refractivity contribution is 6.31. The molecular formula is C18H22ClN3O2. The van der Waals surface area contributed by atoms with Crippen molar-refractivity contribution in [2.24, 2.45) is 5.92 Å². The van der Waals surface area contributed by atoms with Gasteiger partial charge in [0.2, 0.25) is 5.91 Å². The predicted octanol–water partition coefficient (Wildman–Crippen LogP) is 3.01. The van der Waals surface area contributed by atoms with Crippen LogP contribution in [-0.4, -0.2) is 45.0 Å². The maximum Gasteiger partial charge on any atom is 0.246 e. The van der Waals surface area contributed by atoms with Gasteiger partial charge in [-0.2, -0.15) is 0 Å². The van der Waals surface area contributed by atoms with E-state index in [2.05, 4.69) is 4.98 Å². The number of nitrogens with zero attached hydrogens (tertiary/aromatic N) is 3. The van der Waals surface area contributed by atoms with E-state index in [1.165, 1.54) is 0 Å². The molecule has 6 heteroatoms. The van der Waals surface area contributed by atoms with E-state index in [1.54, 1.807) is 17.1 Å². The van der Waals surface area contributed by atoms with Gasteiger partial charge in [-0.1, -0.05) is 17.7 Å². The largest absolute Gasteiger partial charge is 0.396 e. The molecule has 2 aromatic rings. The fraction of sp³-hybridized carbons (Fsp3) is 0.444. The van der Waals surface area contributed by atoms with Crippen LogP contribution in [0.3, 0.4) is 0 Å². The summed E-state index contributed by atoms with van der Waals surface area (Å²) in [6, 6.07) is 5.91. The molecule has 24 heavy (non-hydrogen) atoms. The third kappa shape index (κ3) is 3.47. The number of aliphatic hydroxyl groups excluding tert-OH is 1. The number of rotatable bonds is 4. The summed E-state index contributed by atoms with van der Waals surface area (Å²) in [4.78, 5) is 18.5.